The Morgan fingerprint density at radius 3 is 2.29 bits per heavy atom. The van der Waals surface area contributed by atoms with E-state index in [0.717, 1.165) is 0 Å². The van der Waals surface area contributed by atoms with Crippen LogP contribution in [-0.4, -0.2) is 68.6 Å². The topological polar surface area (TPSA) is 88.1 Å². The molecule has 0 aromatic heterocycles. The van der Waals surface area contributed by atoms with Crippen LogP contribution >= 0.6 is 0 Å². The largest absolute Gasteiger partial charge is 0.480 e. The maximum absolute atomic E-state index is 12.2. The van der Waals surface area contributed by atoms with Crippen molar-refractivity contribution in [3.8, 4) is 0 Å². The highest BCUT2D eigenvalue weighted by atomic mass is 16.5. The summed E-state index contributed by atoms with van der Waals surface area (Å²) in [6.45, 7) is 5.57. The molecule has 0 rings (SSSR count). The van der Waals surface area contributed by atoms with Crippen molar-refractivity contribution in [1.29, 1.82) is 0 Å². The smallest absolute Gasteiger partial charge is 0.326 e. The fourth-order valence-corrected chi connectivity index (χ4v) is 1.82. The standard InChI is InChI=1S/C14H28N2O5/c1-5-11(2)12(13(17)18)15-14(19)16(8-10-21-4)7-6-9-20-3/h11-12H,5-10H2,1-4H3,(H,15,19)(H,17,18). The van der Waals surface area contributed by atoms with Crippen LogP contribution in [0.3, 0.4) is 0 Å². The van der Waals surface area contributed by atoms with E-state index in [1.165, 1.54) is 0 Å². The lowest BCUT2D eigenvalue weighted by Gasteiger charge is -2.27. The van der Waals surface area contributed by atoms with E-state index in [2.05, 4.69) is 5.32 Å². The van der Waals surface area contributed by atoms with Crippen molar-refractivity contribution in [3.63, 3.8) is 0 Å². The number of nitrogens with one attached hydrogen (secondary N) is 1. The fraction of sp³-hybridized carbons (Fsp3) is 0.857. The van der Waals surface area contributed by atoms with Gasteiger partial charge in [-0.1, -0.05) is 20.3 Å². The molecular formula is C14H28N2O5. The number of carboxylic acid groups (broad SMARTS) is 1. The lowest BCUT2D eigenvalue weighted by atomic mass is 9.99. The highest BCUT2D eigenvalue weighted by Crippen LogP contribution is 2.08. The Morgan fingerprint density at radius 1 is 1.19 bits per heavy atom. The second kappa shape index (κ2) is 11.3. The minimum Gasteiger partial charge on any atom is -0.480 e. The molecule has 0 saturated carbocycles. The number of carboxylic acids is 1. The van der Waals surface area contributed by atoms with Crippen LogP contribution in [0.2, 0.25) is 0 Å². The zero-order valence-electron chi connectivity index (χ0n) is 13.4. The van der Waals surface area contributed by atoms with Gasteiger partial charge in [0.15, 0.2) is 0 Å². The van der Waals surface area contributed by atoms with E-state index in [-0.39, 0.29) is 11.9 Å². The van der Waals surface area contributed by atoms with E-state index in [9.17, 15) is 14.7 Å². The van der Waals surface area contributed by atoms with Crippen molar-refractivity contribution in [2.45, 2.75) is 32.7 Å². The van der Waals surface area contributed by atoms with Gasteiger partial charge in [0, 0.05) is 33.9 Å². The lowest BCUT2D eigenvalue weighted by molar-refractivity contribution is -0.140. The van der Waals surface area contributed by atoms with Crippen LogP contribution in [0.5, 0.6) is 0 Å². The van der Waals surface area contributed by atoms with Crippen molar-refractivity contribution >= 4 is 12.0 Å². The van der Waals surface area contributed by atoms with Crippen molar-refractivity contribution in [2.24, 2.45) is 5.92 Å². The third-order valence-corrected chi connectivity index (χ3v) is 3.39. The maximum atomic E-state index is 12.2. The van der Waals surface area contributed by atoms with Crippen molar-refractivity contribution in [2.75, 3.05) is 40.5 Å². The van der Waals surface area contributed by atoms with Gasteiger partial charge in [0.25, 0.3) is 0 Å². The summed E-state index contributed by atoms with van der Waals surface area (Å²) in [6, 6.07) is -1.26. The summed E-state index contributed by atoms with van der Waals surface area (Å²) in [4.78, 5) is 25.0. The number of hydrogen-bond donors (Lipinski definition) is 2. The number of nitrogens with zero attached hydrogens (tertiary/aromatic N) is 1. The third kappa shape index (κ3) is 7.87. The first-order chi connectivity index (χ1) is 9.97. The third-order valence-electron chi connectivity index (χ3n) is 3.39. The molecule has 21 heavy (non-hydrogen) atoms. The number of carbonyl (C=O) groups is 2. The Balaban J connectivity index is 4.63. The summed E-state index contributed by atoms with van der Waals surface area (Å²) in [6.07, 6.45) is 1.37. The van der Waals surface area contributed by atoms with Gasteiger partial charge in [-0.25, -0.2) is 9.59 Å². The molecule has 2 N–H and O–H groups in total. The minimum absolute atomic E-state index is 0.130. The summed E-state index contributed by atoms with van der Waals surface area (Å²) < 4.78 is 9.95. The number of rotatable bonds is 11. The number of urea groups is 1. The zero-order valence-corrected chi connectivity index (χ0v) is 13.4. The lowest BCUT2D eigenvalue weighted by Crippen LogP contribution is -2.51. The molecule has 0 aromatic rings. The number of aliphatic carboxylic acids is 1. The summed E-state index contributed by atoms with van der Waals surface area (Å²) in [5, 5.41) is 11.8. The Morgan fingerprint density at radius 2 is 1.81 bits per heavy atom. The first kappa shape index (κ1) is 19.7. The summed E-state index contributed by atoms with van der Waals surface area (Å²) >= 11 is 0. The minimum atomic E-state index is -1.01. The Bertz CT molecular complexity index is 312. The highest BCUT2D eigenvalue weighted by molar-refractivity contribution is 5.82. The number of hydrogen-bond acceptors (Lipinski definition) is 4. The summed E-state index contributed by atoms with van der Waals surface area (Å²) in [7, 11) is 3.16. The van der Waals surface area contributed by atoms with Gasteiger partial charge < -0.3 is 24.8 Å². The fourth-order valence-electron chi connectivity index (χ4n) is 1.82. The van der Waals surface area contributed by atoms with E-state index in [1.807, 2.05) is 13.8 Å². The normalized spacial score (nSPS) is 13.5. The predicted molar refractivity (Wildman–Crippen MR) is 79.4 cm³/mol. The van der Waals surface area contributed by atoms with Gasteiger partial charge in [0.1, 0.15) is 6.04 Å². The average molecular weight is 304 g/mol. The number of amides is 2. The molecule has 0 aliphatic carbocycles. The van der Waals surface area contributed by atoms with E-state index in [1.54, 1.807) is 19.1 Å². The molecule has 0 spiro atoms. The molecule has 7 nitrogen and oxygen atoms in total. The molecule has 0 aromatic carbocycles. The van der Waals surface area contributed by atoms with Crippen LogP contribution in [-0.2, 0) is 14.3 Å². The number of carbonyl (C=O) groups excluding carboxylic acids is 1. The van der Waals surface area contributed by atoms with E-state index >= 15 is 0 Å². The SMILES string of the molecule is CCC(C)C(NC(=O)N(CCCOC)CCOC)C(=O)O. The second-order valence-corrected chi connectivity index (χ2v) is 4.98. The monoisotopic (exact) mass is 304 g/mol. The van der Waals surface area contributed by atoms with Gasteiger partial charge in [0.05, 0.1) is 6.61 Å². The van der Waals surface area contributed by atoms with Crippen LogP contribution in [0.4, 0.5) is 4.79 Å². The van der Waals surface area contributed by atoms with Gasteiger partial charge >= 0.3 is 12.0 Å². The molecule has 0 radical (unpaired) electrons. The van der Waals surface area contributed by atoms with Gasteiger partial charge in [-0.05, 0) is 12.3 Å². The highest BCUT2D eigenvalue weighted by Gasteiger charge is 2.27. The van der Waals surface area contributed by atoms with Crippen molar-refractivity contribution in [1.82, 2.24) is 10.2 Å². The van der Waals surface area contributed by atoms with Crippen LogP contribution < -0.4 is 5.32 Å². The van der Waals surface area contributed by atoms with Gasteiger partial charge in [-0.2, -0.15) is 0 Å². The summed E-state index contributed by atoms with van der Waals surface area (Å²) in [5.74, 6) is -1.14. The molecule has 7 heteroatoms. The molecule has 2 unspecified atom stereocenters. The number of methoxy groups -OCH3 is 2. The quantitative estimate of drug-likeness (QED) is 0.560. The first-order valence-corrected chi connectivity index (χ1v) is 7.24. The zero-order chi connectivity index (χ0) is 16.3. The van der Waals surface area contributed by atoms with Crippen molar-refractivity contribution in [3.05, 3.63) is 0 Å². The Kier molecular flexibility index (Phi) is 10.6. The molecule has 0 aliphatic heterocycles. The number of ether oxygens (including phenoxy) is 2. The molecular weight excluding hydrogens is 276 g/mol. The van der Waals surface area contributed by atoms with Crippen LogP contribution in [0, 0.1) is 5.92 Å². The molecule has 124 valence electrons. The van der Waals surface area contributed by atoms with Crippen LogP contribution in [0.15, 0.2) is 0 Å². The Hall–Kier alpha value is -1.34. The van der Waals surface area contributed by atoms with E-state index in [0.29, 0.717) is 39.1 Å². The molecule has 2 atom stereocenters. The van der Waals surface area contributed by atoms with Gasteiger partial charge in [0.2, 0.25) is 0 Å². The summed E-state index contributed by atoms with van der Waals surface area (Å²) in [5.41, 5.74) is 0. The maximum Gasteiger partial charge on any atom is 0.326 e. The van der Waals surface area contributed by atoms with Gasteiger partial charge in [-0.15, -0.1) is 0 Å². The average Bonchev–Trinajstić information content (AvgIpc) is 2.46. The molecule has 2 amide bonds. The molecule has 0 aliphatic rings. The van der Waals surface area contributed by atoms with Crippen molar-refractivity contribution < 1.29 is 24.2 Å². The van der Waals surface area contributed by atoms with Crippen LogP contribution in [0.25, 0.3) is 0 Å². The van der Waals surface area contributed by atoms with E-state index in [4.69, 9.17) is 9.47 Å². The second-order valence-electron chi connectivity index (χ2n) is 4.98. The first-order valence-electron chi connectivity index (χ1n) is 7.24. The molecule has 0 saturated heterocycles. The molecule has 0 heterocycles. The van der Waals surface area contributed by atoms with E-state index < -0.39 is 12.0 Å². The Labute approximate surface area is 126 Å². The molecule has 0 fully saturated rings. The predicted octanol–water partition coefficient (Wildman–Crippen LogP) is 1.18. The van der Waals surface area contributed by atoms with Crippen LogP contribution in [0.1, 0.15) is 26.7 Å². The van der Waals surface area contributed by atoms with Gasteiger partial charge in [-0.3, -0.25) is 0 Å². The molecule has 0 bridgehead atoms.